The van der Waals surface area contributed by atoms with Gasteiger partial charge in [0.15, 0.2) is 0 Å². The van der Waals surface area contributed by atoms with Crippen molar-refractivity contribution < 1.29 is 14.2 Å². The van der Waals surface area contributed by atoms with Crippen LogP contribution in [0.5, 0.6) is 11.5 Å². The van der Waals surface area contributed by atoms with Gasteiger partial charge in [-0.2, -0.15) is 0 Å². The van der Waals surface area contributed by atoms with Gasteiger partial charge in [0.2, 0.25) is 0 Å². The molecular formula is C25H28N4O3. The van der Waals surface area contributed by atoms with Crippen LogP contribution in [0.4, 0.5) is 11.4 Å². The Morgan fingerprint density at radius 1 is 0.906 bits per heavy atom. The minimum Gasteiger partial charge on any atom is -0.497 e. The number of benzene rings is 2. The normalized spacial score (nSPS) is 11.0. The Morgan fingerprint density at radius 3 is 2.34 bits per heavy atom. The molecule has 0 unspecified atom stereocenters. The highest BCUT2D eigenvalue weighted by Gasteiger charge is 2.14. The van der Waals surface area contributed by atoms with Gasteiger partial charge >= 0.3 is 0 Å². The number of anilines is 2. The molecule has 0 N–H and O–H groups in total. The molecule has 0 radical (unpaired) electrons. The van der Waals surface area contributed by atoms with E-state index in [1.807, 2.05) is 60.5 Å². The summed E-state index contributed by atoms with van der Waals surface area (Å²) in [7, 11) is 7.03. The lowest BCUT2D eigenvalue weighted by Crippen LogP contribution is -2.20. The van der Waals surface area contributed by atoms with E-state index in [0.29, 0.717) is 6.61 Å². The molecule has 0 amide bonds. The summed E-state index contributed by atoms with van der Waals surface area (Å²) in [5.74, 6) is 1.48. The maximum Gasteiger partial charge on any atom is 0.124 e. The standard InChI is InChI=1S/C25H28N4O3/c1-28-10-8-18(17-28)25-16-26-23-7-6-19(14-24(23)27-25)29(9-5-11-30-2)20-12-21(31-3)15-22(13-20)32-4/h6-8,10,12-17H,5,9,11H2,1-4H3. The van der Waals surface area contributed by atoms with E-state index >= 15 is 0 Å². The van der Waals surface area contributed by atoms with Crippen molar-refractivity contribution >= 4 is 22.4 Å². The van der Waals surface area contributed by atoms with E-state index in [1.165, 1.54) is 0 Å². The lowest BCUT2D eigenvalue weighted by Gasteiger charge is -2.26. The van der Waals surface area contributed by atoms with Crippen LogP contribution in [-0.4, -0.2) is 49.0 Å². The summed E-state index contributed by atoms with van der Waals surface area (Å²) in [6.45, 7) is 1.44. The molecule has 0 aliphatic carbocycles. The van der Waals surface area contributed by atoms with E-state index in [9.17, 15) is 0 Å². The third-order valence-electron chi connectivity index (χ3n) is 5.34. The van der Waals surface area contributed by atoms with Gasteiger partial charge in [-0.25, -0.2) is 4.98 Å². The van der Waals surface area contributed by atoms with Gasteiger partial charge in [0.05, 0.1) is 37.1 Å². The van der Waals surface area contributed by atoms with Gasteiger partial charge in [-0.15, -0.1) is 0 Å². The fraction of sp³-hybridized carbons (Fsp3) is 0.280. The summed E-state index contributed by atoms with van der Waals surface area (Å²) in [5, 5.41) is 0. The topological polar surface area (TPSA) is 61.6 Å². The van der Waals surface area contributed by atoms with Crippen molar-refractivity contribution in [3.05, 3.63) is 61.1 Å². The van der Waals surface area contributed by atoms with E-state index in [1.54, 1.807) is 21.3 Å². The van der Waals surface area contributed by atoms with Crippen LogP contribution in [0, 0.1) is 0 Å². The molecule has 2 heterocycles. The third-order valence-corrected chi connectivity index (χ3v) is 5.34. The van der Waals surface area contributed by atoms with Crippen molar-refractivity contribution in [2.75, 3.05) is 39.4 Å². The lowest BCUT2D eigenvalue weighted by atomic mass is 10.1. The molecule has 0 aliphatic rings. The van der Waals surface area contributed by atoms with Crippen molar-refractivity contribution in [1.82, 2.24) is 14.5 Å². The highest BCUT2D eigenvalue weighted by molar-refractivity contribution is 5.82. The molecule has 4 rings (SSSR count). The number of methoxy groups -OCH3 is 3. The zero-order valence-corrected chi connectivity index (χ0v) is 18.9. The van der Waals surface area contributed by atoms with Crippen LogP contribution in [-0.2, 0) is 11.8 Å². The van der Waals surface area contributed by atoms with Crippen LogP contribution in [0.1, 0.15) is 6.42 Å². The highest BCUT2D eigenvalue weighted by Crippen LogP contribution is 2.34. The van der Waals surface area contributed by atoms with E-state index in [-0.39, 0.29) is 0 Å². The molecule has 0 fully saturated rings. The smallest absolute Gasteiger partial charge is 0.124 e. The Kier molecular flexibility index (Phi) is 6.56. The van der Waals surface area contributed by atoms with Crippen LogP contribution in [0.3, 0.4) is 0 Å². The average molecular weight is 433 g/mol. The summed E-state index contributed by atoms with van der Waals surface area (Å²) >= 11 is 0. The Morgan fingerprint density at radius 2 is 1.69 bits per heavy atom. The number of nitrogens with zero attached hydrogens (tertiary/aromatic N) is 4. The van der Waals surface area contributed by atoms with E-state index in [2.05, 4.69) is 22.0 Å². The molecule has 0 aliphatic heterocycles. The van der Waals surface area contributed by atoms with Crippen LogP contribution < -0.4 is 14.4 Å². The largest absolute Gasteiger partial charge is 0.497 e. The number of aryl methyl sites for hydroxylation is 1. The van der Waals surface area contributed by atoms with Gasteiger partial charge < -0.3 is 23.7 Å². The average Bonchev–Trinajstić information content (AvgIpc) is 3.27. The molecule has 0 spiro atoms. The third kappa shape index (κ3) is 4.68. The molecule has 0 bridgehead atoms. The number of aromatic nitrogens is 3. The molecule has 0 atom stereocenters. The van der Waals surface area contributed by atoms with Gasteiger partial charge in [0.1, 0.15) is 11.5 Å². The predicted octanol–water partition coefficient (Wildman–Crippen LogP) is 4.83. The van der Waals surface area contributed by atoms with Crippen LogP contribution >= 0.6 is 0 Å². The summed E-state index contributed by atoms with van der Waals surface area (Å²) in [6, 6.07) is 14.1. The SMILES string of the molecule is COCCCN(c1cc(OC)cc(OC)c1)c1ccc2ncc(-c3ccn(C)c3)nc2c1. The first-order valence-electron chi connectivity index (χ1n) is 10.5. The Hall–Kier alpha value is -3.58. The Bertz CT molecular complexity index is 1180. The number of hydrogen-bond acceptors (Lipinski definition) is 6. The van der Waals surface area contributed by atoms with E-state index in [4.69, 9.17) is 19.2 Å². The first kappa shape index (κ1) is 21.6. The second-order valence-corrected chi connectivity index (χ2v) is 7.56. The van der Waals surface area contributed by atoms with Crippen LogP contribution in [0.15, 0.2) is 61.1 Å². The van der Waals surface area contributed by atoms with E-state index in [0.717, 1.165) is 58.1 Å². The number of hydrogen-bond donors (Lipinski definition) is 0. The minimum atomic E-state index is 0.670. The molecule has 2 aromatic heterocycles. The molecule has 0 saturated heterocycles. The van der Waals surface area contributed by atoms with Gasteiger partial charge in [0, 0.05) is 74.8 Å². The second-order valence-electron chi connectivity index (χ2n) is 7.56. The second kappa shape index (κ2) is 9.70. The fourth-order valence-electron chi connectivity index (χ4n) is 3.68. The van der Waals surface area contributed by atoms with Gasteiger partial charge in [0.25, 0.3) is 0 Å². The fourth-order valence-corrected chi connectivity index (χ4v) is 3.68. The predicted molar refractivity (Wildman–Crippen MR) is 127 cm³/mol. The molecule has 2 aromatic carbocycles. The summed E-state index contributed by atoms with van der Waals surface area (Å²) in [5.41, 5.74) is 5.59. The number of ether oxygens (including phenoxy) is 3. The summed E-state index contributed by atoms with van der Waals surface area (Å²) in [4.78, 5) is 11.7. The molecule has 0 saturated carbocycles. The molecule has 7 heteroatoms. The Labute approximate surface area is 188 Å². The van der Waals surface area contributed by atoms with Gasteiger partial charge in [-0.3, -0.25) is 4.98 Å². The van der Waals surface area contributed by atoms with Crippen molar-refractivity contribution in [3.63, 3.8) is 0 Å². The molecule has 4 aromatic rings. The molecular weight excluding hydrogens is 404 g/mol. The zero-order chi connectivity index (χ0) is 22.5. The van der Waals surface area contributed by atoms with Gasteiger partial charge in [-0.05, 0) is 30.7 Å². The van der Waals surface area contributed by atoms with E-state index < -0.39 is 0 Å². The quantitative estimate of drug-likeness (QED) is 0.353. The maximum atomic E-state index is 5.49. The Balaban J connectivity index is 1.77. The first-order valence-corrected chi connectivity index (χ1v) is 10.5. The highest BCUT2D eigenvalue weighted by atomic mass is 16.5. The van der Waals surface area contributed by atoms with Crippen molar-refractivity contribution in [1.29, 1.82) is 0 Å². The zero-order valence-electron chi connectivity index (χ0n) is 18.9. The van der Waals surface area contributed by atoms with Crippen LogP contribution in [0.2, 0.25) is 0 Å². The van der Waals surface area contributed by atoms with Crippen molar-refractivity contribution in [3.8, 4) is 22.8 Å². The lowest BCUT2D eigenvalue weighted by molar-refractivity contribution is 0.196. The first-order chi connectivity index (χ1) is 15.6. The van der Waals surface area contributed by atoms with Gasteiger partial charge in [-0.1, -0.05) is 0 Å². The summed E-state index contributed by atoms with van der Waals surface area (Å²) < 4.78 is 18.3. The van der Waals surface area contributed by atoms with Crippen molar-refractivity contribution in [2.45, 2.75) is 6.42 Å². The molecule has 32 heavy (non-hydrogen) atoms. The minimum absolute atomic E-state index is 0.670. The maximum absolute atomic E-state index is 5.49. The van der Waals surface area contributed by atoms with Crippen LogP contribution in [0.25, 0.3) is 22.3 Å². The molecule has 7 nitrogen and oxygen atoms in total. The van der Waals surface area contributed by atoms with Crippen molar-refractivity contribution in [2.24, 2.45) is 7.05 Å². The number of fused-ring (bicyclic) bond motifs is 1. The molecule has 166 valence electrons. The number of rotatable bonds is 9. The monoisotopic (exact) mass is 432 g/mol. The summed E-state index contributed by atoms with van der Waals surface area (Å²) in [6.07, 6.45) is 6.73.